The summed E-state index contributed by atoms with van der Waals surface area (Å²) in [6, 6.07) is 9.98. The van der Waals surface area contributed by atoms with E-state index >= 15 is 0 Å². The SMILES string of the molecule is CCc1ccc(OCC2=C(c3ccc(F)cc3)CCC(F)(F)C2)c(C)c1C. The van der Waals surface area contributed by atoms with E-state index in [1.807, 2.05) is 19.1 Å². The maximum absolute atomic E-state index is 14.0. The van der Waals surface area contributed by atoms with E-state index in [0.717, 1.165) is 28.9 Å². The predicted octanol–water partition coefficient (Wildman–Crippen LogP) is 6.66. The molecule has 27 heavy (non-hydrogen) atoms. The van der Waals surface area contributed by atoms with Gasteiger partial charge in [-0.15, -0.1) is 0 Å². The second-order valence-electron chi connectivity index (χ2n) is 7.24. The third kappa shape index (κ3) is 4.37. The first-order valence-corrected chi connectivity index (χ1v) is 9.37. The lowest BCUT2D eigenvalue weighted by atomic mass is 9.85. The van der Waals surface area contributed by atoms with Gasteiger partial charge >= 0.3 is 0 Å². The highest BCUT2D eigenvalue weighted by Gasteiger charge is 2.35. The van der Waals surface area contributed by atoms with Gasteiger partial charge in [-0.2, -0.15) is 0 Å². The van der Waals surface area contributed by atoms with Crippen molar-refractivity contribution >= 4 is 5.57 Å². The standard InChI is InChI=1S/C23H25F3O/c1-4-17-7-10-22(16(3)15(17)2)27-14-19-13-23(25,26)12-11-21(19)18-5-8-20(24)9-6-18/h5-10H,4,11-14H2,1-3H3. The van der Waals surface area contributed by atoms with Crippen LogP contribution in [0.2, 0.25) is 0 Å². The zero-order valence-electron chi connectivity index (χ0n) is 16.0. The maximum Gasteiger partial charge on any atom is 0.252 e. The molecule has 1 aliphatic carbocycles. The van der Waals surface area contributed by atoms with E-state index in [1.165, 1.54) is 23.3 Å². The summed E-state index contributed by atoms with van der Waals surface area (Å²) < 4.78 is 47.2. The Bertz CT molecular complexity index is 851. The van der Waals surface area contributed by atoms with Crippen molar-refractivity contribution < 1.29 is 17.9 Å². The first kappa shape index (κ1) is 19.5. The zero-order valence-corrected chi connectivity index (χ0v) is 16.0. The van der Waals surface area contributed by atoms with Crippen LogP contribution >= 0.6 is 0 Å². The molecule has 0 spiro atoms. The summed E-state index contributed by atoms with van der Waals surface area (Å²) in [6.45, 7) is 6.27. The van der Waals surface area contributed by atoms with Gasteiger partial charge in [0.1, 0.15) is 18.2 Å². The lowest BCUT2D eigenvalue weighted by molar-refractivity contribution is -0.0112. The molecule has 0 radical (unpaired) electrons. The number of allylic oxidation sites excluding steroid dienone is 1. The summed E-state index contributed by atoms with van der Waals surface area (Å²) in [6.07, 6.45) is 0.709. The third-order valence-electron chi connectivity index (χ3n) is 5.46. The molecule has 2 aromatic carbocycles. The first-order chi connectivity index (χ1) is 12.8. The van der Waals surface area contributed by atoms with Crippen LogP contribution in [-0.4, -0.2) is 12.5 Å². The van der Waals surface area contributed by atoms with Crippen LogP contribution in [0.25, 0.3) is 5.57 Å². The Morgan fingerprint density at radius 2 is 1.70 bits per heavy atom. The van der Waals surface area contributed by atoms with Gasteiger partial charge in [0.05, 0.1) is 0 Å². The minimum Gasteiger partial charge on any atom is -0.489 e. The van der Waals surface area contributed by atoms with Crippen molar-refractivity contribution in [1.82, 2.24) is 0 Å². The minimum atomic E-state index is -2.72. The Labute approximate surface area is 158 Å². The summed E-state index contributed by atoms with van der Waals surface area (Å²) in [4.78, 5) is 0. The number of ether oxygens (including phenoxy) is 1. The van der Waals surface area contributed by atoms with Gasteiger partial charge in [0.25, 0.3) is 5.92 Å². The molecule has 0 saturated carbocycles. The highest BCUT2D eigenvalue weighted by Crippen LogP contribution is 2.41. The van der Waals surface area contributed by atoms with Crippen LogP contribution in [0.5, 0.6) is 5.75 Å². The van der Waals surface area contributed by atoms with Crippen molar-refractivity contribution in [2.45, 2.75) is 52.4 Å². The second kappa shape index (κ2) is 7.79. The van der Waals surface area contributed by atoms with E-state index in [0.29, 0.717) is 5.57 Å². The smallest absolute Gasteiger partial charge is 0.252 e. The lowest BCUT2D eigenvalue weighted by Crippen LogP contribution is -2.24. The molecule has 2 aromatic rings. The fourth-order valence-electron chi connectivity index (χ4n) is 3.69. The highest BCUT2D eigenvalue weighted by molar-refractivity contribution is 5.70. The number of hydrogen-bond donors (Lipinski definition) is 0. The van der Waals surface area contributed by atoms with Crippen molar-refractivity contribution in [2.75, 3.05) is 6.61 Å². The van der Waals surface area contributed by atoms with Crippen LogP contribution in [0.4, 0.5) is 13.2 Å². The van der Waals surface area contributed by atoms with E-state index in [2.05, 4.69) is 13.8 Å². The van der Waals surface area contributed by atoms with Crippen LogP contribution in [0.1, 0.15) is 48.4 Å². The fourth-order valence-corrected chi connectivity index (χ4v) is 3.69. The molecule has 3 rings (SSSR count). The van der Waals surface area contributed by atoms with Crippen molar-refractivity contribution in [2.24, 2.45) is 0 Å². The molecule has 0 fully saturated rings. The van der Waals surface area contributed by atoms with E-state index < -0.39 is 5.92 Å². The average molecular weight is 374 g/mol. The van der Waals surface area contributed by atoms with E-state index in [-0.39, 0.29) is 31.7 Å². The number of benzene rings is 2. The van der Waals surface area contributed by atoms with Crippen molar-refractivity contribution in [1.29, 1.82) is 0 Å². The Morgan fingerprint density at radius 1 is 1.00 bits per heavy atom. The molecule has 0 bridgehead atoms. The fraction of sp³-hybridized carbons (Fsp3) is 0.391. The van der Waals surface area contributed by atoms with Gasteiger partial charge < -0.3 is 4.74 Å². The van der Waals surface area contributed by atoms with Gasteiger partial charge in [-0.3, -0.25) is 0 Å². The van der Waals surface area contributed by atoms with Gasteiger partial charge in [-0.05, 0) is 78.3 Å². The summed E-state index contributed by atoms with van der Waals surface area (Å²) in [5.74, 6) is -2.33. The summed E-state index contributed by atoms with van der Waals surface area (Å²) >= 11 is 0. The number of halogens is 3. The van der Waals surface area contributed by atoms with Crippen molar-refractivity contribution in [3.05, 3.63) is 70.0 Å². The summed E-state index contributed by atoms with van der Waals surface area (Å²) in [7, 11) is 0. The zero-order chi connectivity index (χ0) is 19.6. The largest absolute Gasteiger partial charge is 0.489 e. The van der Waals surface area contributed by atoms with Crippen LogP contribution < -0.4 is 4.74 Å². The van der Waals surface area contributed by atoms with Gasteiger partial charge in [0, 0.05) is 12.8 Å². The molecule has 0 amide bonds. The topological polar surface area (TPSA) is 9.23 Å². The molecule has 0 heterocycles. The monoisotopic (exact) mass is 374 g/mol. The van der Waals surface area contributed by atoms with Gasteiger partial charge in [0.2, 0.25) is 0 Å². The van der Waals surface area contributed by atoms with Crippen LogP contribution in [0.15, 0.2) is 42.0 Å². The Morgan fingerprint density at radius 3 is 2.37 bits per heavy atom. The van der Waals surface area contributed by atoms with Crippen molar-refractivity contribution in [3.8, 4) is 5.75 Å². The molecule has 144 valence electrons. The predicted molar refractivity (Wildman–Crippen MR) is 103 cm³/mol. The third-order valence-corrected chi connectivity index (χ3v) is 5.46. The van der Waals surface area contributed by atoms with E-state index in [1.54, 1.807) is 12.1 Å². The first-order valence-electron chi connectivity index (χ1n) is 9.37. The van der Waals surface area contributed by atoms with Gasteiger partial charge in [0.15, 0.2) is 0 Å². The molecule has 0 unspecified atom stereocenters. The molecule has 0 aromatic heterocycles. The number of aryl methyl sites for hydroxylation is 1. The summed E-state index contributed by atoms with van der Waals surface area (Å²) in [5.41, 5.74) is 5.71. The van der Waals surface area contributed by atoms with E-state index in [4.69, 9.17) is 4.74 Å². The molecule has 1 aliphatic rings. The van der Waals surface area contributed by atoms with Gasteiger partial charge in [-0.1, -0.05) is 25.1 Å². The molecular formula is C23H25F3O. The lowest BCUT2D eigenvalue weighted by Gasteiger charge is -2.28. The average Bonchev–Trinajstić information content (AvgIpc) is 2.63. The Hall–Kier alpha value is -2.23. The van der Waals surface area contributed by atoms with Gasteiger partial charge in [-0.25, -0.2) is 13.2 Å². The molecule has 0 atom stereocenters. The molecule has 0 aliphatic heterocycles. The highest BCUT2D eigenvalue weighted by atomic mass is 19.3. The molecule has 0 N–H and O–H groups in total. The number of hydrogen-bond acceptors (Lipinski definition) is 1. The van der Waals surface area contributed by atoms with Crippen LogP contribution in [0, 0.1) is 19.7 Å². The number of alkyl halides is 2. The normalized spacial score (nSPS) is 16.5. The molecule has 4 heteroatoms. The Kier molecular flexibility index (Phi) is 5.64. The Balaban J connectivity index is 1.89. The second-order valence-corrected chi connectivity index (χ2v) is 7.24. The minimum absolute atomic E-state index is 0.119. The van der Waals surface area contributed by atoms with Crippen LogP contribution in [-0.2, 0) is 6.42 Å². The van der Waals surface area contributed by atoms with E-state index in [9.17, 15) is 13.2 Å². The molecule has 1 nitrogen and oxygen atoms in total. The van der Waals surface area contributed by atoms with Crippen LogP contribution in [0.3, 0.4) is 0 Å². The summed E-state index contributed by atoms with van der Waals surface area (Å²) in [5, 5.41) is 0. The maximum atomic E-state index is 14.0. The number of rotatable bonds is 5. The quantitative estimate of drug-likeness (QED) is 0.569. The van der Waals surface area contributed by atoms with Crippen molar-refractivity contribution in [3.63, 3.8) is 0 Å². The molecule has 0 saturated heterocycles. The molecular weight excluding hydrogens is 349 g/mol.